The quantitative estimate of drug-likeness (QED) is 0.812. The summed E-state index contributed by atoms with van der Waals surface area (Å²) in [5.74, 6) is 0. The minimum Gasteiger partial charge on any atom is -0.398 e. The summed E-state index contributed by atoms with van der Waals surface area (Å²) in [6, 6.07) is 1.48. The number of nitrogens with zero attached hydrogens (tertiary/aromatic N) is 1. The van der Waals surface area contributed by atoms with Crippen molar-refractivity contribution in [1.82, 2.24) is 4.31 Å². The lowest BCUT2D eigenvalue weighted by molar-refractivity contribution is 0.113. The molecule has 3 N–H and O–H groups in total. The van der Waals surface area contributed by atoms with Crippen LogP contribution in [0, 0.1) is 0 Å². The van der Waals surface area contributed by atoms with E-state index in [4.69, 9.17) is 5.73 Å². The zero-order chi connectivity index (χ0) is 11.8. The fourth-order valence-corrected chi connectivity index (χ4v) is 4.38. The Balaban J connectivity index is 2.20. The summed E-state index contributed by atoms with van der Waals surface area (Å²) in [6.07, 6.45) is 0.625. The van der Waals surface area contributed by atoms with Crippen LogP contribution >= 0.6 is 11.3 Å². The molecule has 7 heteroatoms. The smallest absolute Gasteiger partial charge is 0.252 e. The fraction of sp³-hybridized carbons (Fsp3) is 0.556. The van der Waals surface area contributed by atoms with Gasteiger partial charge in [0.1, 0.15) is 4.21 Å². The standard InChI is InChI=1S/C9H14N2O3S2/c10-7-5-9(15-6-7)16(13,14)11-3-1-8(12)2-4-11/h5-6,8,12H,1-4,10H2. The highest BCUT2D eigenvalue weighted by molar-refractivity contribution is 7.91. The molecule has 90 valence electrons. The largest absolute Gasteiger partial charge is 0.398 e. The first-order valence-corrected chi connectivity index (χ1v) is 7.34. The lowest BCUT2D eigenvalue weighted by Crippen LogP contribution is -2.39. The van der Waals surface area contributed by atoms with E-state index in [2.05, 4.69) is 0 Å². The van der Waals surface area contributed by atoms with Crippen LogP contribution in [0.25, 0.3) is 0 Å². The van der Waals surface area contributed by atoms with Gasteiger partial charge in [-0.1, -0.05) is 0 Å². The van der Waals surface area contributed by atoms with Crippen LogP contribution in [-0.2, 0) is 10.0 Å². The SMILES string of the molecule is Nc1csc(S(=O)(=O)N2CCC(O)CC2)c1. The van der Waals surface area contributed by atoms with Crippen molar-refractivity contribution in [3.63, 3.8) is 0 Å². The number of rotatable bonds is 2. The molecule has 0 spiro atoms. The lowest BCUT2D eigenvalue weighted by Gasteiger charge is -2.28. The summed E-state index contributed by atoms with van der Waals surface area (Å²) in [7, 11) is -3.40. The van der Waals surface area contributed by atoms with Gasteiger partial charge in [0.2, 0.25) is 0 Å². The van der Waals surface area contributed by atoms with Gasteiger partial charge in [0.25, 0.3) is 10.0 Å². The van der Waals surface area contributed by atoms with Crippen molar-refractivity contribution in [2.75, 3.05) is 18.8 Å². The Labute approximate surface area is 98.5 Å². The second kappa shape index (κ2) is 4.33. The molecule has 5 nitrogen and oxygen atoms in total. The fourth-order valence-electron chi connectivity index (χ4n) is 1.68. The van der Waals surface area contributed by atoms with Crippen molar-refractivity contribution >= 4 is 27.0 Å². The monoisotopic (exact) mass is 262 g/mol. The van der Waals surface area contributed by atoms with E-state index in [9.17, 15) is 13.5 Å². The number of hydrogen-bond donors (Lipinski definition) is 2. The van der Waals surface area contributed by atoms with Gasteiger partial charge in [-0.15, -0.1) is 11.3 Å². The third-order valence-corrected chi connectivity index (χ3v) is 5.95. The first-order chi connectivity index (χ1) is 7.50. The van der Waals surface area contributed by atoms with Crippen LogP contribution in [0.3, 0.4) is 0 Å². The second-order valence-electron chi connectivity index (χ2n) is 3.83. The van der Waals surface area contributed by atoms with Crippen LogP contribution in [0.1, 0.15) is 12.8 Å². The van der Waals surface area contributed by atoms with Crippen LogP contribution < -0.4 is 5.73 Å². The van der Waals surface area contributed by atoms with Gasteiger partial charge >= 0.3 is 0 Å². The zero-order valence-electron chi connectivity index (χ0n) is 8.67. The maximum atomic E-state index is 12.1. The van der Waals surface area contributed by atoms with E-state index in [-0.39, 0.29) is 10.3 Å². The lowest BCUT2D eigenvalue weighted by atomic mass is 10.1. The van der Waals surface area contributed by atoms with Crippen molar-refractivity contribution < 1.29 is 13.5 Å². The van der Waals surface area contributed by atoms with Gasteiger partial charge in [0, 0.05) is 24.2 Å². The highest BCUT2D eigenvalue weighted by Gasteiger charge is 2.29. The van der Waals surface area contributed by atoms with Crippen molar-refractivity contribution in [1.29, 1.82) is 0 Å². The average molecular weight is 262 g/mol. The van der Waals surface area contributed by atoms with Crippen LogP contribution in [-0.4, -0.2) is 37.0 Å². The Hall–Kier alpha value is -0.630. The van der Waals surface area contributed by atoms with Crippen LogP contribution in [0.5, 0.6) is 0 Å². The molecular weight excluding hydrogens is 248 g/mol. The zero-order valence-corrected chi connectivity index (χ0v) is 10.3. The Kier molecular flexibility index (Phi) is 3.20. The van der Waals surface area contributed by atoms with Crippen LogP contribution in [0.15, 0.2) is 15.7 Å². The number of nitrogen functional groups attached to an aromatic ring is 1. The number of aliphatic hydroxyl groups is 1. The number of aliphatic hydroxyl groups excluding tert-OH is 1. The van der Waals surface area contributed by atoms with E-state index in [1.165, 1.54) is 10.4 Å². The van der Waals surface area contributed by atoms with Crippen LogP contribution in [0.4, 0.5) is 5.69 Å². The van der Waals surface area contributed by atoms with Gasteiger partial charge in [-0.3, -0.25) is 0 Å². The molecule has 0 saturated carbocycles. The van der Waals surface area contributed by atoms with E-state index >= 15 is 0 Å². The molecule has 0 bridgehead atoms. The molecule has 0 aromatic carbocycles. The first kappa shape index (κ1) is 11.8. The van der Waals surface area contributed by atoms with E-state index in [0.717, 1.165) is 11.3 Å². The Morgan fingerprint density at radius 1 is 1.44 bits per heavy atom. The molecule has 1 aromatic heterocycles. The molecule has 1 saturated heterocycles. The highest BCUT2D eigenvalue weighted by atomic mass is 32.2. The van der Waals surface area contributed by atoms with Gasteiger partial charge in [0.15, 0.2) is 0 Å². The topological polar surface area (TPSA) is 83.6 Å². The molecule has 1 aromatic rings. The van der Waals surface area contributed by atoms with Gasteiger partial charge < -0.3 is 10.8 Å². The molecule has 0 unspecified atom stereocenters. The molecule has 1 aliphatic rings. The highest BCUT2D eigenvalue weighted by Crippen LogP contribution is 2.27. The Morgan fingerprint density at radius 2 is 2.06 bits per heavy atom. The molecule has 1 aliphatic heterocycles. The summed E-state index contributed by atoms with van der Waals surface area (Å²) in [4.78, 5) is 0. The van der Waals surface area contributed by atoms with Gasteiger partial charge in [-0.2, -0.15) is 4.31 Å². The third kappa shape index (κ3) is 2.22. The summed E-state index contributed by atoms with van der Waals surface area (Å²) in [5.41, 5.74) is 5.99. The van der Waals surface area contributed by atoms with Crippen LogP contribution in [0.2, 0.25) is 0 Å². The molecule has 1 fully saturated rings. The number of anilines is 1. The summed E-state index contributed by atoms with van der Waals surface area (Å²) >= 11 is 1.13. The molecule has 2 rings (SSSR count). The van der Waals surface area contributed by atoms with Gasteiger partial charge in [0.05, 0.1) is 6.10 Å². The second-order valence-corrected chi connectivity index (χ2v) is 6.91. The molecule has 0 amide bonds. The first-order valence-electron chi connectivity index (χ1n) is 5.02. The summed E-state index contributed by atoms with van der Waals surface area (Å²) < 4.78 is 25.9. The van der Waals surface area contributed by atoms with E-state index in [1.807, 2.05) is 0 Å². The molecular formula is C9H14N2O3S2. The number of nitrogens with two attached hydrogens (primary N) is 1. The summed E-state index contributed by atoms with van der Waals surface area (Å²) in [5, 5.41) is 10.9. The van der Waals surface area contributed by atoms with E-state index < -0.39 is 10.0 Å². The molecule has 16 heavy (non-hydrogen) atoms. The molecule has 0 radical (unpaired) electrons. The average Bonchev–Trinajstić information content (AvgIpc) is 2.66. The Bertz CT molecular complexity index is 461. The van der Waals surface area contributed by atoms with E-state index in [1.54, 1.807) is 5.38 Å². The van der Waals surface area contributed by atoms with Gasteiger partial charge in [-0.25, -0.2) is 8.42 Å². The van der Waals surface area contributed by atoms with Crippen molar-refractivity contribution in [3.8, 4) is 0 Å². The molecule has 0 atom stereocenters. The maximum Gasteiger partial charge on any atom is 0.252 e. The number of thiophene rings is 1. The predicted molar refractivity (Wildman–Crippen MR) is 62.7 cm³/mol. The van der Waals surface area contributed by atoms with Crippen molar-refractivity contribution in [2.45, 2.75) is 23.2 Å². The minimum absolute atomic E-state index is 0.279. The molecule has 0 aliphatic carbocycles. The normalized spacial score (nSPS) is 20.1. The number of piperidine rings is 1. The predicted octanol–water partition coefficient (Wildman–Crippen LogP) is 0.476. The van der Waals surface area contributed by atoms with Crippen molar-refractivity contribution in [2.24, 2.45) is 0 Å². The minimum atomic E-state index is -3.40. The third-order valence-electron chi connectivity index (χ3n) is 2.61. The number of sulfonamides is 1. The number of hydrogen-bond acceptors (Lipinski definition) is 5. The summed E-state index contributed by atoms with van der Waals surface area (Å²) in [6.45, 7) is 0.753. The van der Waals surface area contributed by atoms with E-state index in [0.29, 0.717) is 31.6 Å². The van der Waals surface area contributed by atoms with Gasteiger partial charge in [-0.05, 0) is 18.9 Å². The maximum absolute atomic E-state index is 12.1. The molecule has 2 heterocycles. The Morgan fingerprint density at radius 3 is 2.56 bits per heavy atom. The van der Waals surface area contributed by atoms with Crippen molar-refractivity contribution in [3.05, 3.63) is 11.4 Å².